The second-order valence-corrected chi connectivity index (χ2v) is 10.0. The Bertz CT molecular complexity index is 646. The molecule has 0 saturated heterocycles. The van der Waals surface area contributed by atoms with E-state index in [1.54, 1.807) is 0 Å². The lowest BCUT2D eigenvalue weighted by atomic mass is 9.43. The van der Waals surface area contributed by atoms with E-state index in [9.17, 15) is 24.9 Å². The third-order valence-corrected chi connectivity index (χ3v) is 9.24. The van der Waals surface area contributed by atoms with Crippen LogP contribution in [0.3, 0.4) is 0 Å². The fourth-order valence-corrected chi connectivity index (χ4v) is 7.56. The molecule has 0 radical (unpaired) electrons. The van der Waals surface area contributed by atoms with E-state index in [4.69, 9.17) is 0 Å². The topological polar surface area (TPSA) is 94.8 Å². The Hall–Kier alpha value is -0.780. The molecule has 0 aliphatic heterocycles. The summed E-state index contributed by atoms with van der Waals surface area (Å²) in [5, 5.41) is 32.1. The van der Waals surface area contributed by atoms with Gasteiger partial charge in [-0.3, -0.25) is 9.59 Å². The van der Waals surface area contributed by atoms with Crippen LogP contribution in [-0.2, 0) is 9.59 Å². The van der Waals surface area contributed by atoms with Crippen LogP contribution in [0.25, 0.3) is 0 Å². The van der Waals surface area contributed by atoms with Crippen LogP contribution in [0.4, 0.5) is 0 Å². The summed E-state index contributed by atoms with van der Waals surface area (Å²) in [5.41, 5.74) is -2.10. The maximum Gasteiger partial charge on any atom is 0.165 e. The number of hydrogen-bond acceptors (Lipinski definition) is 5. The quantitative estimate of drug-likeness (QED) is 0.660. The molecule has 0 unspecified atom stereocenters. The molecular weight excluding hydrogens is 332 g/mol. The van der Waals surface area contributed by atoms with Crippen molar-refractivity contribution in [3.63, 3.8) is 0 Å². The van der Waals surface area contributed by atoms with Gasteiger partial charge in [-0.1, -0.05) is 13.8 Å². The van der Waals surface area contributed by atoms with E-state index in [0.29, 0.717) is 19.3 Å². The Balaban J connectivity index is 1.74. The Morgan fingerprint density at radius 1 is 1.00 bits per heavy atom. The summed E-state index contributed by atoms with van der Waals surface area (Å²) in [6.45, 7) is 5.61. The van der Waals surface area contributed by atoms with Crippen molar-refractivity contribution in [2.24, 2.45) is 34.5 Å². The van der Waals surface area contributed by atoms with E-state index in [1.165, 1.54) is 6.92 Å². The zero-order valence-electron chi connectivity index (χ0n) is 16.1. The summed E-state index contributed by atoms with van der Waals surface area (Å²) in [4.78, 5) is 25.5. The molecule has 4 rings (SSSR count). The van der Waals surface area contributed by atoms with Gasteiger partial charge in [0.25, 0.3) is 0 Å². The Labute approximate surface area is 155 Å². The molecule has 5 heteroatoms. The fraction of sp³-hybridized carbons (Fsp3) is 0.905. The van der Waals surface area contributed by atoms with Gasteiger partial charge in [-0.15, -0.1) is 0 Å². The minimum Gasteiger partial charge on any atom is -0.393 e. The lowest BCUT2D eigenvalue weighted by molar-refractivity contribution is -0.193. The fourth-order valence-electron chi connectivity index (χ4n) is 7.56. The molecule has 9 atom stereocenters. The molecule has 0 amide bonds. The molecule has 3 N–H and O–H groups in total. The molecule has 0 bridgehead atoms. The van der Waals surface area contributed by atoms with Gasteiger partial charge in [0.2, 0.25) is 0 Å². The first kappa shape index (κ1) is 18.6. The summed E-state index contributed by atoms with van der Waals surface area (Å²) in [7, 11) is 0. The van der Waals surface area contributed by atoms with E-state index in [1.807, 2.05) is 6.92 Å². The maximum atomic E-state index is 13.2. The number of rotatable bonds is 1. The third kappa shape index (κ3) is 2.08. The SMILES string of the molecule is CC(=O)[C@@]1(O)CC[C@H]2[C@@H]3C(=O)[C@H](O)[C@H]4C[C@@H](O)CC[C@]4(C)[C@H]3CC[C@@]21C. The van der Waals surface area contributed by atoms with E-state index in [-0.39, 0.29) is 40.7 Å². The first-order valence-corrected chi connectivity index (χ1v) is 10.2. The van der Waals surface area contributed by atoms with Gasteiger partial charge in [-0.25, -0.2) is 0 Å². The van der Waals surface area contributed by atoms with Crippen molar-refractivity contribution in [1.82, 2.24) is 0 Å². The van der Waals surface area contributed by atoms with Gasteiger partial charge < -0.3 is 15.3 Å². The molecule has 0 aromatic carbocycles. The van der Waals surface area contributed by atoms with Gasteiger partial charge in [0.1, 0.15) is 11.7 Å². The number of carbonyl (C=O) groups excluding carboxylic acids is 2. The number of aliphatic hydroxyl groups excluding tert-OH is 2. The molecule has 4 fully saturated rings. The van der Waals surface area contributed by atoms with Crippen molar-refractivity contribution in [1.29, 1.82) is 0 Å². The summed E-state index contributed by atoms with van der Waals surface area (Å²) < 4.78 is 0. The highest BCUT2D eigenvalue weighted by Crippen LogP contribution is 2.67. The maximum absolute atomic E-state index is 13.2. The normalized spacial score (nSPS) is 56.5. The zero-order valence-corrected chi connectivity index (χ0v) is 16.1. The molecule has 0 heterocycles. The average Bonchev–Trinajstić information content (AvgIpc) is 2.87. The largest absolute Gasteiger partial charge is 0.393 e. The van der Waals surface area contributed by atoms with Gasteiger partial charge in [0.05, 0.1) is 6.10 Å². The van der Waals surface area contributed by atoms with Crippen molar-refractivity contribution < 1.29 is 24.9 Å². The predicted molar refractivity (Wildman–Crippen MR) is 95.1 cm³/mol. The van der Waals surface area contributed by atoms with Crippen molar-refractivity contribution in [2.75, 3.05) is 0 Å². The highest BCUT2D eigenvalue weighted by molar-refractivity contribution is 5.89. The third-order valence-electron chi connectivity index (χ3n) is 9.24. The van der Waals surface area contributed by atoms with Crippen molar-refractivity contribution >= 4 is 11.6 Å². The molecule has 26 heavy (non-hydrogen) atoms. The van der Waals surface area contributed by atoms with Crippen LogP contribution in [0.1, 0.15) is 65.7 Å². The molecule has 146 valence electrons. The minimum atomic E-state index is -1.35. The Morgan fingerprint density at radius 2 is 1.65 bits per heavy atom. The second kappa shape index (κ2) is 5.62. The molecule has 0 spiro atoms. The number of hydrogen-bond donors (Lipinski definition) is 3. The summed E-state index contributed by atoms with van der Waals surface area (Å²) in [6, 6.07) is 0. The highest BCUT2D eigenvalue weighted by Gasteiger charge is 2.69. The standard InChI is InChI=1S/C21H32O5/c1-11(22)21(26)9-6-14-16-13(5-8-20(14,21)3)19(2)7-4-12(23)10-15(19)17(24)18(16)25/h12-17,23-24,26H,4-10H2,1-3H3/t12-,13-,14-,15+,16+,17+,19+,20-,21-/m0/s1. The Kier molecular flexibility index (Phi) is 4.01. The van der Waals surface area contributed by atoms with Gasteiger partial charge >= 0.3 is 0 Å². The molecule has 5 nitrogen and oxygen atoms in total. The van der Waals surface area contributed by atoms with Crippen LogP contribution in [0, 0.1) is 34.5 Å². The van der Waals surface area contributed by atoms with Gasteiger partial charge in [-0.2, -0.15) is 0 Å². The van der Waals surface area contributed by atoms with E-state index in [2.05, 4.69) is 6.92 Å². The van der Waals surface area contributed by atoms with Crippen LogP contribution in [0.2, 0.25) is 0 Å². The minimum absolute atomic E-state index is 0.0538. The molecule has 4 aliphatic carbocycles. The Morgan fingerprint density at radius 3 is 2.31 bits per heavy atom. The smallest absolute Gasteiger partial charge is 0.165 e. The number of aliphatic hydroxyl groups is 3. The van der Waals surface area contributed by atoms with E-state index >= 15 is 0 Å². The lowest BCUT2D eigenvalue weighted by Gasteiger charge is -2.61. The molecule has 0 aromatic heterocycles. The van der Waals surface area contributed by atoms with Crippen LogP contribution in [-0.4, -0.2) is 44.7 Å². The van der Waals surface area contributed by atoms with Crippen molar-refractivity contribution in [3.8, 4) is 0 Å². The summed E-state index contributed by atoms with van der Waals surface area (Å²) in [5.74, 6) is -0.666. The van der Waals surface area contributed by atoms with Crippen molar-refractivity contribution in [2.45, 2.75) is 83.5 Å². The van der Waals surface area contributed by atoms with Gasteiger partial charge in [0, 0.05) is 17.3 Å². The number of ketones is 2. The van der Waals surface area contributed by atoms with Crippen LogP contribution < -0.4 is 0 Å². The molecular formula is C21H32O5. The van der Waals surface area contributed by atoms with Crippen LogP contribution >= 0.6 is 0 Å². The van der Waals surface area contributed by atoms with Crippen LogP contribution in [0.5, 0.6) is 0 Å². The first-order valence-electron chi connectivity index (χ1n) is 10.2. The van der Waals surface area contributed by atoms with Crippen LogP contribution in [0.15, 0.2) is 0 Å². The van der Waals surface area contributed by atoms with Gasteiger partial charge in [-0.05, 0) is 69.1 Å². The second-order valence-electron chi connectivity index (χ2n) is 10.0. The number of Topliss-reactive ketones (excluding diaryl/α,β-unsaturated/α-hetero) is 2. The molecule has 4 aliphatic rings. The first-order chi connectivity index (χ1) is 12.1. The number of carbonyl (C=O) groups is 2. The monoisotopic (exact) mass is 364 g/mol. The molecule has 0 aromatic rings. The summed E-state index contributed by atoms with van der Waals surface area (Å²) in [6.07, 6.45) is 3.18. The zero-order chi connectivity index (χ0) is 19.1. The predicted octanol–water partition coefficient (Wildman–Crippen LogP) is 1.86. The van der Waals surface area contributed by atoms with Crippen molar-refractivity contribution in [3.05, 3.63) is 0 Å². The average molecular weight is 364 g/mol. The highest BCUT2D eigenvalue weighted by atomic mass is 16.3. The molecule has 4 saturated carbocycles. The van der Waals surface area contributed by atoms with Gasteiger partial charge in [0.15, 0.2) is 11.6 Å². The summed E-state index contributed by atoms with van der Waals surface area (Å²) >= 11 is 0. The van der Waals surface area contributed by atoms with E-state index in [0.717, 1.165) is 25.7 Å². The van der Waals surface area contributed by atoms with E-state index < -0.39 is 23.2 Å². The lowest BCUT2D eigenvalue weighted by Crippen LogP contribution is -2.64. The number of fused-ring (bicyclic) bond motifs is 5.